The number of hydrogen-bond acceptors (Lipinski definition) is 3. The first-order valence-corrected chi connectivity index (χ1v) is 8.59. The highest BCUT2D eigenvalue weighted by atomic mass is 35.5. The Hall–Kier alpha value is -1.95. The average Bonchev–Trinajstić information content (AvgIpc) is 3.10. The molecule has 1 amide bonds. The monoisotopic (exact) mass is 380 g/mol. The molecular formula is C17H11Cl2FN2OS. The van der Waals surface area contributed by atoms with E-state index >= 15 is 0 Å². The molecule has 1 aromatic carbocycles. The zero-order valence-corrected chi connectivity index (χ0v) is 14.5. The Kier molecular flexibility index (Phi) is 5.14. The molecule has 2 aromatic heterocycles. The molecule has 0 spiro atoms. The van der Waals surface area contributed by atoms with Gasteiger partial charge in [-0.3, -0.25) is 4.79 Å². The molecule has 7 heteroatoms. The number of nitrogens with zero attached hydrogens (tertiary/aromatic N) is 1. The predicted molar refractivity (Wildman–Crippen MR) is 94.3 cm³/mol. The summed E-state index contributed by atoms with van der Waals surface area (Å²) < 4.78 is 13.2. The number of nitrogens with one attached hydrogen (secondary N) is 1. The molecule has 24 heavy (non-hydrogen) atoms. The quantitative estimate of drug-likeness (QED) is 0.639. The molecule has 0 bridgehead atoms. The third kappa shape index (κ3) is 3.75. The van der Waals surface area contributed by atoms with Crippen molar-refractivity contribution in [1.82, 2.24) is 10.3 Å². The fourth-order valence-electron chi connectivity index (χ4n) is 2.19. The summed E-state index contributed by atoms with van der Waals surface area (Å²) in [6.45, 7) is 0. The molecule has 122 valence electrons. The topological polar surface area (TPSA) is 42.0 Å². The maximum absolute atomic E-state index is 13.2. The molecule has 0 saturated carbocycles. The normalized spacial score (nSPS) is 12.0. The molecular weight excluding hydrogens is 370 g/mol. The molecule has 0 fully saturated rings. The van der Waals surface area contributed by atoms with E-state index in [1.54, 1.807) is 12.1 Å². The van der Waals surface area contributed by atoms with Crippen LogP contribution >= 0.6 is 34.5 Å². The van der Waals surface area contributed by atoms with Gasteiger partial charge in [0, 0.05) is 11.1 Å². The lowest BCUT2D eigenvalue weighted by Crippen LogP contribution is -2.29. The van der Waals surface area contributed by atoms with Crippen LogP contribution in [0.2, 0.25) is 10.2 Å². The number of benzene rings is 1. The van der Waals surface area contributed by atoms with Crippen molar-refractivity contribution >= 4 is 40.4 Å². The van der Waals surface area contributed by atoms with Crippen LogP contribution in [0.5, 0.6) is 0 Å². The summed E-state index contributed by atoms with van der Waals surface area (Å²) in [4.78, 5) is 17.3. The van der Waals surface area contributed by atoms with Crippen molar-refractivity contribution in [3.05, 3.63) is 86.0 Å². The Morgan fingerprint density at radius 2 is 1.96 bits per heavy atom. The van der Waals surface area contributed by atoms with E-state index in [2.05, 4.69) is 10.3 Å². The molecule has 3 aromatic rings. The summed E-state index contributed by atoms with van der Waals surface area (Å²) in [5.74, 6) is -0.674. The number of aromatic nitrogens is 1. The van der Waals surface area contributed by atoms with Gasteiger partial charge >= 0.3 is 0 Å². The number of rotatable bonds is 4. The molecule has 0 aliphatic heterocycles. The van der Waals surface area contributed by atoms with Gasteiger partial charge in [0.25, 0.3) is 5.91 Å². The molecule has 0 unspecified atom stereocenters. The van der Waals surface area contributed by atoms with Gasteiger partial charge in [-0.25, -0.2) is 9.37 Å². The van der Waals surface area contributed by atoms with E-state index in [0.717, 1.165) is 10.4 Å². The van der Waals surface area contributed by atoms with E-state index in [1.807, 2.05) is 17.5 Å². The van der Waals surface area contributed by atoms with Crippen LogP contribution in [0.3, 0.4) is 0 Å². The second-order valence-corrected chi connectivity index (χ2v) is 6.71. The van der Waals surface area contributed by atoms with Crippen LogP contribution in [0.1, 0.15) is 26.8 Å². The number of halogens is 3. The van der Waals surface area contributed by atoms with Crippen LogP contribution in [0.15, 0.2) is 54.0 Å². The van der Waals surface area contributed by atoms with Gasteiger partial charge in [-0.2, -0.15) is 0 Å². The lowest BCUT2D eigenvalue weighted by atomic mass is 10.0. The summed E-state index contributed by atoms with van der Waals surface area (Å²) in [5, 5.41) is 5.19. The van der Waals surface area contributed by atoms with E-state index in [0.29, 0.717) is 5.56 Å². The van der Waals surface area contributed by atoms with Gasteiger partial charge in [0.05, 0.1) is 16.6 Å². The molecule has 3 nitrogen and oxygen atoms in total. The molecule has 0 radical (unpaired) electrons. The van der Waals surface area contributed by atoms with Crippen LogP contribution in [-0.2, 0) is 0 Å². The summed E-state index contributed by atoms with van der Waals surface area (Å²) in [6.07, 6.45) is 1.36. The molecule has 1 N–H and O–H groups in total. The average molecular weight is 381 g/mol. The second kappa shape index (κ2) is 7.30. The van der Waals surface area contributed by atoms with Gasteiger partial charge in [-0.1, -0.05) is 41.4 Å². The first-order chi connectivity index (χ1) is 11.5. The van der Waals surface area contributed by atoms with Gasteiger partial charge in [0.2, 0.25) is 0 Å². The minimum absolute atomic E-state index is 0.140. The maximum atomic E-state index is 13.2. The Labute approximate surface area is 152 Å². The van der Waals surface area contributed by atoms with Gasteiger partial charge in [0.15, 0.2) is 0 Å². The first kappa shape index (κ1) is 16.9. The predicted octanol–water partition coefficient (Wildman–Crippen LogP) is 5.11. The minimum atomic E-state index is -0.396. The highest BCUT2D eigenvalue weighted by molar-refractivity contribution is 7.10. The Bertz CT molecular complexity index is 854. The Morgan fingerprint density at radius 1 is 1.21 bits per heavy atom. The van der Waals surface area contributed by atoms with Gasteiger partial charge in [0.1, 0.15) is 11.0 Å². The second-order valence-electron chi connectivity index (χ2n) is 4.97. The molecule has 2 heterocycles. The van der Waals surface area contributed by atoms with Crippen LogP contribution in [0.4, 0.5) is 4.39 Å². The molecule has 0 aliphatic rings. The van der Waals surface area contributed by atoms with Crippen molar-refractivity contribution in [2.45, 2.75) is 6.04 Å². The molecule has 1 atom stereocenters. The largest absolute Gasteiger partial charge is 0.340 e. The standard InChI is InChI=1S/C17H11Cl2FN2OS/c18-13-8-11(9-21-16(13)19)17(23)22-15(14-2-1-7-24-14)10-3-5-12(20)6-4-10/h1-9,15H,(H,22,23)/t15-/m0/s1. The minimum Gasteiger partial charge on any atom is -0.340 e. The number of carbonyl (C=O) groups excluding carboxylic acids is 1. The lowest BCUT2D eigenvalue weighted by Gasteiger charge is -2.18. The van der Waals surface area contributed by atoms with Crippen molar-refractivity contribution in [2.24, 2.45) is 0 Å². The van der Waals surface area contributed by atoms with Crippen LogP contribution in [0, 0.1) is 5.82 Å². The number of hydrogen-bond donors (Lipinski definition) is 1. The van der Waals surface area contributed by atoms with E-state index in [-0.39, 0.29) is 21.9 Å². The van der Waals surface area contributed by atoms with E-state index < -0.39 is 6.04 Å². The summed E-state index contributed by atoms with van der Waals surface area (Å²) >= 11 is 13.2. The van der Waals surface area contributed by atoms with Gasteiger partial charge in [-0.15, -0.1) is 11.3 Å². The van der Waals surface area contributed by atoms with Crippen molar-refractivity contribution in [3.8, 4) is 0 Å². The number of pyridine rings is 1. The SMILES string of the molecule is O=C(N[C@@H](c1ccc(F)cc1)c1cccs1)c1cnc(Cl)c(Cl)c1. The van der Waals surface area contributed by atoms with Crippen molar-refractivity contribution < 1.29 is 9.18 Å². The van der Waals surface area contributed by atoms with Crippen molar-refractivity contribution in [3.63, 3.8) is 0 Å². The Balaban J connectivity index is 1.90. The zero-order valence-electron chi connectivity index (χ0n) is 12.2. The number of thiophene rings is 1. The fourth-order valence-corrected chi connectivity index (χ4v) is 3.26. The molecule has 0 saturated heterocycles. The van der Waals surface area contributed by atoms with E-state index in [4.69, 9.17) is 23.2 Å². The van der Waals surface area contributed by atoms with Crippen LogP contribution < -0.4 is 5.32 Å². The fraction of sp³-hybridized carbons (Fsp3) is 0.0588. The number of amides is 1. The lowest BCUT2D eigenvalue weighted by molar-refractivity contribution is 0.0943. The number of carbonyl (C=O) groups is 1. The third-order valence-electron chi connectivity index (χ3n) is 3.36. The van der Waals surface area contributed by atoms with E-state index in [1.165, 1.54) is 35.7 Å². The molecule has 3 rings (SSSR count). The first-order valence-electron chi connectivity index (χ1n) is 6.95. The van der Waals surface area contributed by atoms with E-state index in [9.17, 15) is 9.18 Å². The highest BCUT2D eigenvalue weighted by Crippen LogP contribution is 2.27. The van der Waals surface area contributed by atoms with Crippen LogP contribution in [-0.4, -0.2) is 10.9 Å². The van der Waals surface area contributed by atoms with Gasteiger partial charge < -0.3 is 5.32 Å². The zero-order chi connectivity index (χ0) is 17.1. The van der Waals surface area contributed by atoms with Gasteiger partial charge in [-0.05, 0) is 35.2 Å². The van der Waals surface area contributed by atoms with Crippen LogP contribution in [0.25, 0.3) is 0 Å². The van der Waals surface area contributed by atoms with Crippen molar-refractivity contribution in [1.29, 1.82) is 0 Å². The smallest absolute Gasteiger partial charge is 0.253 e. The highest BCUT2D eigenvalue weighted by Gasteiger charge is 2.19. The van der Waals surface area contributed by atoms with Crippen molar-refractivity contribution in [2.75, 3.05) is 0 Å². The summed E-state index contributed by atoms with van der Waals surface area (Å²) in [6, 6.07) is 10.9. The Morgan fingerprint density at radius 3 is 2.58 bits per heavy atom. The summed E-state index contributed by atoms with van der Waals surface area (Å²) in [5.41, 5.74) is 1.08. The maximum Gasteiger partial charge on any atom is 0.253 e. The molecule has 0 aliphatic carbocycles. The third-order valence-corrected chi connectivity index (χ3v) is 4.99. The summed E-state index contributed by atoms with van der Waals surface area (Å²) in [7, 11) is 0.